The van der Waals surface area contributed by atoms with Crippen molar-refractivity contribution in [2.75, 3.05) is 19.9 Å². The van der Waals surface area contributed by atoms with Gasteiger partial charge in [-0.05, 0) is 48.9 Å². The van der Waals surface area contributed by atoms with Gasteiger partial charge in [-0.25, -0.2) is 0 Å². The first kappa shape index (κ1) is 17.8. The lowest BCUT2D eigenvalue weighted by Gasteiger charge is -2.08. The summed E-state index contributed by atoms with van der Waals surface area (Å²) in [6.07, 6.45) is 0.746. The maximum Gasteiger partial charge on any atom is 0.251 e. The van der Waals surface area contributed by atoms with E-state index >= 15 is 0 Å². The van der Waals surface area contributed by atoms with E-state index in [2.05, 4.69) is 10.6 Å². The van der Waals surface area contributed by atoms with Crippen LogP contribution in [-0.4, -0.2) is 31.7 Å². The highest BCUT2D eigenvalue weighted by atomic mass is 16.7. The zero-order valence-electron chi connectivity index (χ0n) is 14.3. The molecule has 0 saturated heterocycles. The smallest absolute Gasteiger partial charge is 0.251 e. The molecule has 0 spiro atoms. The van der Waals surface area contributed by atoms with Crippen molar-refractivity contribution in [3.05, 3.63) is 59.2 Å². The predicted molar refractivity (Wildman–Crippen MR) is 96.2 cm³/mol. The van der Waals surface area contributed by atoms with Crippen LogP contribution in [0, 0.1) is 0 Å². The Labute approximate surface area is 151 Å². The van der Waals surface area contributed by atoms with Crippen molar-refractivity contribution in [1.29, 1.82) is 0 Å². The number of amides is 2. The summed E-state index contributed by atoms with van der Waals surface area (Å²) in [5.74, 6) is 0.880. The van der Waals surface area contributed by atoms with Crippen LogP contribution in [0.2, 0.25) is 0 Å². The van der Waals surface area contributed by atoms with Gasteiger partial charge in [-0.2, -0.15) is 0 Å². The van der Waals surface area contributed by atoms with Crippen molar-refractivity contribution in [3.8, 4) is 11.5 Å². The third-order valence-electron chi connectivity index (χ3n) is 3.97. The summed E-state index contributed by atoms with van der Waals surface area (Å²) in [5, 5.41) is 5.65. The average molecular weight is 355 g/mol. The Balaban J connectivity index is 1.53. The van der Waals surface area contributed by atoms with Gasteiger partial charge >= 0.3 is 0 Å². The molecule has 1 heterocycles. The van der Waals surface area contributed by atoms with E-state index in [1.165, 1.54) is 0 Å². The van der Waals surface area contributed by atoms with Gasteiger partial charge in [-0.1, -0.05) is 12.1 Å². The van der Waals surface area contributed by atoms with Gasteiger partial charge in [0.15, 0.2) is 11.5 Å². The highest BCUT2D eigenvalue weighted by Crippen LogP contribution is 2.32. The molecule has 0 aliphatic carbocycles. The number of hydrogen-bond donors (Lipinski definition) is 3. The molecule has 0 saturated carbocycles. The number of carbonyl (C=O) groups is 2. The fraction of sp³-hybridized carbons (Fsp3) is 0.263. The molecule has 3 rings (SSSR count). The maximum atomic E-state index is 12.3. The number of nitrogens with one attached hydrogen (secondary N) is 2. The quantitative estimate of drug-likeness (QED) is 0.652. The molecule has 7 nitrogen and oxygen atoms in total. The summed E-state index contributed by atoms with van der Waals surface area (Å²) in [4.78, 5) is 24.2. The SMILES string of the molecule is NCCCNC(=O)c1ccc(CNC(=O)c2ccc3c(c2)OCO3)cc1. The zero-order chi connectivity index (χ0) is 18.4. The fourth-order valence-electron chi connectivity index (χ4n) is 2.50. The molecule has 0 atom stereocenters. The second-order valence-corrected chi connectivity index (χ2v) is 5.85. The largest absolute Gasteiger partial charge is 0.454 e. The van der Waals surface area contributed by atoms with E-state index in [9.17, 15) is 9.59 Å². The summed E-state index contributed by atoms with van der Waals surface area (Å²) < 4.78 is 10.5. The maximum absolute atomic E-state index is 12.3. The van der Waals surface area contributed by atoms with Crippen molar-refractivity contribution < 1.29 is 19.1 Å². The average Bonchev–Trinajstić information content (AvgIpc) is 3.14. The Morgan fingerprint density at radius 2 is 1.62 bits per heavy atom. The van der Waals surface area contributed by atoms with Crippen molar-refractivity contribution in [2.45, 2.75) is 13.0 Å². The van der Waals surface area contributed by atoms with Gasteiger partial charge in [0.1, 0.15) is 0 Å². The standard InChI is InChI=1S/C19H21N3O4/c20-8-1-9-21-18(23)14-4-2-13(3-5-14)11-22-19(24)15-6-7-16-17(10-15)26-12-25-16/h2-7,10H,1,8-9,11-12,20H2,(H,21,23)(H,22,24). The summed E-state index contributed by atoms with van der Waals surface area (Å²) >= 11 is 0. The molecule has 1 aliphatic heterocycles. The summed E-state index contributed by atoms with van der Waals surface area (Å²) in [6.45, 7) is 1.64. The van der Waals surface area contributed by atoms with Crippen LogP contribution in [0.15, 0.2) is 42.5 Å². The lowest BCUT2D eigenvalue weighted by atomic mass is 10.1. The summed E-state index contributed by atoms with van der Waals surface area (Å²) in [6, 6.07) is 12.2. The Morgan fingerprint density at radius 1 is 0.923 bits per heavy atom. The molecular formula is C19H21N3O4. The number of carbonyl (C=O) groups excluding carboxylic acids is 2. The molecule has 0 aromatic heterocycles. The monoisotopic (exact) mass is 355 g/mol. The van der Waals surface area contributed by atoms with Gasteiger partial charge in [0.2, 0.25) is 6.79 Å². The summed E-state index contributed by atoms with van der Waals surface area (Å²) in [7, 11) is 0. The van der Waals surface area contributed by atoms with Crippen LogP contribution in [-0.2, 0) is 6.54 Å². The molecular weight excluding hydrogens is 334 g/mol. The Kier molecular flexibility index (Phi) is 5.70. The number of hydrogen-bond acceptors (Lipinski definition) is 5. The van der Waals surface area contributed by atoms with Crippen LogP contribution >= 0.6 is 0 Å². The molecule has 1 aliphatic rings. The highest BCUT2D eigenvalue weighted by Gasteiger charge is 2.16. The van der Waals surface area contributed by atoms with Gasteiger partial charge in [-0.3, -0.25) is 9.59 Å². The number of nitrogens with two attached hydrogens (primary N) is 1. The second-order valence-electron chi connectivity index (χ2n) is 5.85. The van der Waals surface area contributed by atoms with Crippen LogP contribution in [0.25, 0.3) is 0 Å². The van der Waals surface area contributed by atoms with E-state index in [1.54, 1.807) is 30.3 Å². The minimum Gasteiger partial charge on any atom is -0.454 e. The molecule has 0 unspecified atom stereocenters. The van der Waals surface area contributed by atoms with Crippen LogP contribution in [0.1, 0.15) is 32.7 Å². The highest BCUT2D eigenvalue weighted by molar-refractivity contribution is 5.95. The lowest BCUT2D eigenvalue weighted by Crippen LogP contribution is -2.26. The topological polar surface area (TPSA) is 103 Å². The number of benzene rings is 2. The lowest BCUT2D eigenvalue weighted by molar-refractivity contribution is 0.0942. The molecule has 0 fully saturated rings. The zero-order valence-corrected chi connectivity index (χ0v) is 14.3. The van der Waals surface area contributed by atoms with Gasteiger partial charge in [-0.15, -0.1) is 0 Å². The van der Waals surface area contributed by atoms with Gasteiger partial charge in [0.05, 0.1) is 0 Å². The Hall–Kier alpha value is -3.06. The van der Waals surface area contributed by atoms with E-state index < -0.39 is 0 Å². The van der Waals surface area contributed by atoms with Gasteiger partial charge in [0.25, 0.3) is 11.8 Å². The van der Waals surface area contributed by atoms with Crippen molar-refractivity contribution in [1.82, 2.24) is 10.6 Å². The minimum atomic E-state index is -0.202. The Bertz CT molecular complexity index is 790. The predicted octanol–water partition coefficient (Wildman–Crippen LogP) is 1.42. The van der Waals surface area contributed by atoms with E-state index in [0.29, 0.717) is 42.3 Å². The first-order chi connectivity index (χ1) is 12.7. The molecule has 4 N–H and O–H groups in total. The first-order valence-electron chi connectivity index (χ1n) is 8.42. The molecule has 26 heavy (non-hydrogen) atoms. The molecule has 2 amide bonds. The van der Waals surface area contributed by atoms with Crippen LogP contribution < -0.4 is 25.8 Å². The Morgan fingerprint density at radius 3 is 2.38 bits per heavy atom. The normalized spacial score (nSPS) is 11.9. The number of fused-ring (bicyclic) bond motifs is 1. The van der Waals surface area contributed by atoms with E-state index in [0.717, 1.165) is 12.0 Å². The number of ether oxygens (including phenoxy) is 2. The van der Waals surface area contributed by atoms with Crippen LogP contribution in [0.3, 0.4) is 0 Å². The van der Waals surface area contributed by atoms with E-state index in [1.807, 2.05) is 12.1 Å². The molecule has 7 heteroatoms. The third-order valence-corrected chi connectivity index (χ3v) is 3.97. The third kappa shape index (κ3) is 4.31. The van der Waals surface area contributed by atoms with Crippen molar-refractivity contribution in [2.24, 2.45) is 5.73 Å². The molecule has 0 bridgehead atoms. The molecule has 2 aromatic carbocycles. The van der Waals surface area contributed by atoms with Crippen molar-refractivity contribution in [3.63, 3.8) is 0 Å². The fourth-order valence-corrected chi connectivity index (χ4v) is 2.50. The number of rotatable bonds is 7. The van der Waals surface area contributed by atoms with Crippen molar-refractivity contribution >= 4 is 11.8 Å². The van der Waals surface area contributed by atoms with E-state index in [-0.39, 0.29) is 18.6 Å². The van der Waals surface area contributed by atoms with Gasteiger partial charge in [0, 0.05) is 24.2 Å². The van der Waals surface area contributed by atoms with E-state index in [4.69, 9.17) is 15.2 Å². The molecule has 2 aromatic rings. The van der Waals surface area contributed by atoms with Gasteiger partial charge < -0.3 is 25.8 Å². The summed E-state index contributed by atoms with van der Waals surface area (Å²) in [5.41, 5.74) is 7.38. The molecule has 136 valence electrons. The van der Waals surface area contributed by atoms with Crippen LogP contribution in [0.5, 0.6) is 11.5 Å². The second kappa shape index (κ2) is 8.35. The first-order valence-corrected chi connectivity index (χ1v) is 8.42. The molecule has 0 radical (unpaired) electrons. The van der Waals surface area contributed by atoms with Crippen LogP contribution in [0.4, 0.5) is 0 Å². The minimum absolute atomic E-state index is 0.130.